The van der Waals surface area contributed by atoms with E-state index in [-0.39, 0.29) is 19.2 Å². The molecule has 4 N–H and O–H groups in total. The summed E-state index contributed by atoms with van der Waals surface area (Å²) >= 11 is 0. The number of carbonyl (C=O) groups is 1. The molecule has 1 fully saturated rings. The van der Waals surface area contributed by atoms with Gasteiger partial charge in [-0.1, -0.05) is 159 Å². The number of unbranched alkanes of at least 4 members (excludes halogenated alkanes) is 20. The van der Waals surface area contributed by atoms with Gasteiger partial charge in [-0.25, -0.2) is 0 Å². The Morgan fingerprint density at radius 3 is 1.56 bits per heavy atom. The number of aliphatic hydroxyl groups is 4. The van der Waals surface area contributed by atoms with Crippen molar-refractivity contribution in [2.45, 2.75) is 224 Å². The molecular formula is C48H86O9. The first kappa shape index (κ1) is 53.2. The standard InChI is InChI=1S/C48H86O9/c1-3-5-7-9-11-13-15-17-19-20-21-22-23-25-27-29-31-33-35-37-44(50)56-42(41-55-48-47(53)46(52)45(51)43(39-49)57-48)40-54-38-36-34-32-30-28-26-24-18-16-14-12-10-8-6-4-2/h10-13,16-19,42-43,45-49,51-53H,3-9,14-15,20-41H2,1-2H3/b12-10-,13-11-,18-16-,19-17-. The summed E-state index contributed by atoms with van der Waals surface area (Å²) in [6.45, 7) is 4.47. The molecule has 0 aromatic carbocycles. The second-order valence-electron chi connectivity index (χ2n) is 15.8. The third-order valence-electron chi connectivity index (χ3n) is 10.5. The molecule has 0 saturated carbocycles. The fourth-order valence-corrected chi connectivity index (χ4v) is 6.77. The SMILES string of the molecule is CCCC/C=C\C/C=C\CCCCCCCCOCC(COC1OC(CO)C(O)C(O)C1O)OC(=O)CCCCCCCCCCC/C=C\C/C=C\CCCCC. The summed E-state index contributed by atoms with van der Waals surface area (Å²) in [6, 6.07) is 0. The largest absolute Gasteiger partial charge is 0.457 e. The first-order valence-electron chi connectivity index (χ1n) is 23.2. The molecule has 0 bridgehead atoms. The van der Waals surface area contributed by atoms with Gasteiger partial charge in [-0.3, -0.25) is 4.79 Å². The van der Waals surface area contributed by atoms with Gasteiger partial charge in [0.25, 0.3) is 0 Å². The summed E-state index contributed by atoms with van der Waals surface area (Å²) in [4.78, 5) is 12.8. The zero-order chi connectivity index (χ0) is 41.4. The zero-order valence-corrected chi connectivity index (χ0v) is 36.3. The monoisotopic (exact) mass is 807 g/mol. The van der Waals surface area contributed by atoms with Gasteiger partial charge in [-0.05, 0) is 70.6 Å². The van der Waals surface area contributed by atoms with Gasteiger partial charge in [0.2, 0.25) is 0 Å². The number of rotatable bonds is 39. The predicted octanol–water partition coefficient (Wildman–Crippen LogP) is 10.5. The summed E-state index contributed by atoms with van der Waals surface area (Å²) < 4.78 is 22.8. The van der Waals surface area contributed by atoms with Crippen LogP contribution in [0, 0.1) is 0 Å². The van der Waals surface area contributed by atoms with Gasteiger partial charge in [0.05, 0.1) is 19.8 Å². The van der Waals surface area contributed by atoms with E-state index in [2.05, 4.69) is 62.5 Å². The van der Waals surface area contributed by atoms with Crippen LogP contribution < -0.4 is 0 Å². The number of ether oxygens (including phenoxy) is 4. The van der Waals surface area contributed by atoms with Crippen LogP contribution >= 0.6 is 0 Å². The third kappa shape index (κ3) is 30.8. The van der Waals surface area contributed by atoms with Crippen LogP contribution in [0.2, 0.25) is 0 Å². The van der Waals surface area contributed by atoms with E-state index in [1.165, 1.54) is 109 Å². The van der Waals surface area contributed by atoms with Gasteiger partial charge in [0.15, 0.2) is 6.29 Å². The van der Waals surface area contributed by atoms with Crippen molar-refractivity contribution in [3.05, 3.63) is 48.6 Å². The minimum atomic E-state index is -1.54. The zero-order valence-electron chi connectivity index (χ0n) is 36.3. The van der Waals surface area contributed by atoms with Gasteiger partial charge in [0.1, 0.15) is 30.5 Å². The topological polar surface area (TPSA) is 135 Å². The van der Waals surface area contributed by atoms with Gasteiger partial charge in [0, 0.05) is 13.0 Å². The summed E-state index contributed by atoms with van der Waals surface area (Å²) in [6.07, 6.45) is 41.3. The lowest BCUT2D eigenvalue weighted by Gasteiger charge is -2.39. The Hall–Kier alpha value is -1.85. The van der Waals surface area contributed by atoms with Crippen LogP contribution in [0.5, 0.6) is 0 Å². The van der Waals surface area contributed by atoms with Crippen molar-refractivity contribution >= 4 is 5.97 Å². The Labute approximate surface area is 348 Å². The Kier molecular flexibility index (Phi) is 36.9. The highest BCUT2D eigenvalue weighted by Crippen LogP contribution is 2.22. The van der Waals surface area contributed by atoms with Crippen LogP contribution in [0.25, 0.3) is 0 Å². The molecule has 57 heavy (non-hydrogen) atoms. The lowest BCUT2D eigenvalue weighted by molar-refractivity contribution is -0.305. The van der Waals surface area contributed by atoms with E-state index >= 15 is 0 Å². The predicted molar refractivity (Wildman–Crippen MR) is 233 cm³/mol. The molecule has 1 saturated heterocycles. The molecule has 0 radical (unpaired) electrons. The Morgan fingerprint density at radius 1 is 0.561 bits per heavy atom. The molecule has 1 heterocycles. The molecule has 332 valence electrons. The van der Waals surface area contributed by atoms with Crippen molar-refractivity contribution in [2.75, 3.05) is 26.4 Å². The maximum atomic E-state index is 12.8. The quantitative estimate of drug-likeness (QED) is 0.0272. The summed E-state index contributed by atoms with van der Waals surface area (Å²) in [5, 5.41) is 40.1. The van der Waals surface area contributed by atoms with Gasteiger partial charge >= 0.3 is 5.97 Å². The summed E-state index contributed by atoms with van der Waals surface area (Å²) in [7, 11) is 0. The van der Waals surface area contributed by atoms with Gasteiger partial charge in [-0.2, -0.15) is 0 Å². The van der Waals surface area contributed by atoms with E-state index in [9.17, 15) is 25.2 Å². The molecule has 6 unspecified atom stereocenters. The molecule has 0 aliphatic carbocycles. The number of carbonyl (C=O) groups excluding carboxylic acids is 1. The van der Waals surface area contributed by atoms with E-state index in [0.717, 1.165) is 57.8 Å². The minimum absolute atomic E-state index is 0.120. The normalized spacial score (nSPS) is 20.8. The van der Waals surface area contributed by atoms with Crippen LogP contribution in [0.15, 0.2) is 48.6 Å². The maximum absolute atomic E-state index is 12.8. The van der Waals surface area contributed by atoms with Crippen molar-refractivity contribution in [2.24, 2.45) is 0 Å². The van der Waals surface area contributed by atoms with E-state index in [1.807, 2.05) is 0 Å². The molecule has 9 heteroatoms. The van der Waals surface area contributed by atoms with Crippen molar-refractivity contribution in [1.82, 2.24) is 0 Å². The highest BCUT2D eigenvalue weighted by molar-refractivity contribution is 5.69. The van der Waals surface area contributed by atoms with Crippen molar-refractivity contribution in [3.8, 4) is 0 Å². The fourth-order valence-electron chi connectivity index (χ4n) is 6.77. The lowest BCUT2D eigenvalue weighted by atomic mass is 9.99. The average molecular weight is 807 g/mol. The van der Waals surface area contributed by atoms with Crippen LogP contribution in [0.4, 0.5) is 0 Å². The maximum Gasteiger partial charge on any atom is 0.306 e. The molecule has 9 nitrogen and oxygen atoms in total. The van der Waals surface area contributed by atoms with Crippen molar-refractivity contribution in [1.29, 1.82) is 0 Å². The molecular weight excluding hydrogens is 721 g/mol. The van der Waals surface area contributed by atoms with Crippen LogP contribution in [-0.2, 0) is 23.7 Å². The fraction of sp³-hybridized carbons (Fsp3) is 0.812. The van der Waals surface area contributed by atoms with Crippen molar-refractivity contribution < 1.29 is 44.2 Å². The molecule has 1 aliphatic rings. The number of hydrogen-bond acceptors (Lipinski definition) is 9. The molecule has 1 rings (SSSR count). The molecule has 6 atom stereocenters. The number of aliphatic hydroxyl groups excluding tert-OH is 4. The minimum Gasteiger partial charge on any atom is -0.457 e. The van der Waals surface area contributed by atoms with Gasteiger partial charge < -0.3 is 39.4 Å². The number of esters is 1. The van der Waals surface area contributed by atoms with E-state index in [4.69, 9.17) is 18.9 Å². The van der Waals surface area contributed by atoms with E-state index in [0.29, 0.717) is 13.0 Å². The third-order valence-corrected chi connectivity index (χ3v) is 10.5. The highest BCUT2D eigenvalue weighted by atomic mass is 16.7. The Bertz CT molecular complexity index is 1010. The Morgan fingerprint density at radius 2 is 1.04 bits per heavy atom. The smallest absolute Gasteiger partial charge is 0.306 e. The van der Waals surface area contributed by atoms with Crippen LogP contribution in [0.1, 0.15) is 187 Å². The molecule has 1 aliphatic heterocycles. The molecule has 0 amide bonds. The second kappa shape index (κ2) is 39.6. The molecule has 0 aromatic rings. The van der Waals surface area contributed by atoms with Gasteiger partial charge in [-0.15, -0.1) is 0 Å². The molecule has 0 spiro atoms. The number of hydrogen-bond donors (Lipinski definition) is 4. The van der Waals surface area contributed by atoms with E-state index < -0.39 is 43.4 Å². The Balaban J connectivity index is 2.26. The first-order valence-corrected chi connectivity index (χ1v) is 23.2. The van der Waals surface area contributed by atoms with Crippen molar-refractivity contribution in [3.63, 3.8) is 0 Å². The highest BCUT2D eigenvalue weighted by Gasteiger charge is 2.44. The average Bonchev–Trinajstić information content (AvgIpc) is 3.21. The first-order chi connectivity index (χ1) is 27.9. The lowest BCUT2D eigenvalue weighted by Crippen LogP contribution is -2.59. The molecule has 0 aromatic heterocycles. The number of allylic oxidation sites excluding steroid dienone is 8. The second-order valence-corrected chi connectivity index (χ2v) is 15.8. The summed E-state index contributed by atoms with van der Waals surface area (Å²) in [5.41, 5.74) is 0. The van der Waals surface area contributed by atoms with Crippen LogP contribution in [-0.4, -0.2) is 89.6 Å². The van der Waals surface area contributed by atoms with E-state index in [1.54, 1.807) is 0 Å². The van der Waals surface area contributed by atoms with Crippen LogP contribution in [0.3, 0.4) is 0 Å². The summed E-state index contributed by atoms with van der Waals surface area (Å²) in [5.74, 6) is -0.323.